The van der Waals surface area contributed by atoms with Gasteiger partial charge in [0.2, 0.25) is 7.01 Å². The number of halogens is 1. The van der Waals surface area contributed by atoms with Gasteiger partial charge in [0.15, 0.2) is 0 Å². The van der Waals surface area contributed by atoms with Crippen LogP contribution in [0.5, 0.6) is 0 Å². The van der Waals surface area contributed by atoms with Gasteiger partial charge in [-0.15, -0.1) is 0 Å². The Morgan fingerprint density at radius 3 is 2.08 bits per heavy atom. The molecule has 0 heterocycles. The Hall–Kier alpha value is 0.680. The molecule has 74 valence electrons. The summed E-state index contributed by atoms with van der Waals surface area (Å²) in [5.41, 5.74) is 0. The Bertz CT molecular complexity index is 219. The number of hydrogen-bond donors (Lipinski definition) is 0. The molecule has 0 radical (unpaired) electrons. The van der Waals surface area contributed by atoms with Crippen LogP contribution in [0.1, 0.15) is 46.5 Å². The molecule has 0 N–H and O–H groups in total. The molecule has 0 spiro atoms. The van der Waals surface area contributed by atoms with Crippen LogP contribution in [-0.4, -0.2) is 13.2 Å². The minimum atomic E-state index is -2.91. The van der Waals surface area contributed by atoms with Crippen molar-refractivity contribution < 1.29 is 8.42 Å². The fourth-order valence-electron chi connectivity index (χ4n) is 0.923. The van der Waals surface area contributed by atoms with Crippen molar-refractivity contribution in [2.24, 2.45) is 0 Å². The van der Waals surface area contributed by atoms with E-state index in [1.54, 1.807) is 35.1 Å². The molecule has 0 aliphatic rings. The van der Waals surface area contributed by atoms with Crippen molar-refractivity contribution in [3.05, 3.63) is 0 Å². The average molecular weight is 304 g/mol. The highest BCUT2D eigenvalue weighted by Gasteiger charge is 2.30. The first-order valence-corrected chi connectivity index (χ1v) is 8.28. The Labute approximate surface area is 87.6 Å². The molecule has 0 aromatic carbocycles. The maximum atomic E-state index is 11.2. The zero-order valence-electron chi connectivity index (χ0n) is 7.93. The molecule has 12 heavy (non-hydrogen) atoms. The Morgan fingerprint density at radius 1 is 1.25 bits per heavy atom. The first-order valence-electron chi connectivity index (χ1n) is 4.25. The topological polar surface area (TPSA) is 34.1 Å². The number of rotatable bonds is 5. The van der Waals surface area contributed by atoms with E-state index in [0.29, 0.717) is 0 Å². The molecular weight excluding hydrogens is 287 g/mol. The Kier molecular flexibility index (Phi) is 5.06. The minimum Gasteiger partial charge on any atom is -0.218 e. The van der Waals surface area contributed by atoms with E-state index in [2.05, 4.69) is 6.92 Å². The summed E-state index contributed by atoms with van der Waals surface area (Å²) in [6.45, 7) is 5.71. The van der Waals surface area contributed by atoms with Gasteiger partial charge in [0.25, 0.3) is 0 Å². The van der Waals surface area contributed by atoms with Crippen LogP contribution in [0.15, 0.2) is 0 Å². The standard InChI is InChI=1S/C8H17IO2S/c1-4-5-6-7-8(2,3)12(9,10)11/h4-7H2,1-3H3. The molecule has 0 aliphatic heterocycles. The van der Waals surface area contributed by atoms with Crippen molar-refractivity contribution in [2.45, 2.75) is 51.2 Å². The molecule has 4 heteroatoms. The van der Waals surface area contributed by atoms with E-state index < -0.39 is 11.8 Å². The van der Waals surface area contributed by atoms with Crippen molar-refractivity contribution >= 4 is 28.2 Å². The quantitative estimate of drug-likeness (QED) is 0.444. The normalized spacial score (nSPS) is 13.3. The highest BCUT2D eigenvalue weighted by atomic mass is 127. The van der Waals surface area contributed by atoms with Gasteiger partial charge < -0.3 is 0 Å². The lowest BCUT2D eigenvalue weighted by Crippen LogP contribution is -2.27. The summed E-state index contributed by atoms with van der Waals surface area (Å²) in [5.74, 6) is 0. The molecular formula is C8H17IO2S. The lowest BCUT2D eigenvalue weighted by atomic mass is 10.0. The molecule has 2 nitrogen and oxygen atoms in total. The van der Waals surface area contributed by atoms with Crippen molar-refractivity contribution in [2.75, 3.05) is 0 Å². The summed E-state index contributed by atoms with van der Waals surface area (Å²) in [5, 5.41) is 0. The predicted octanol–water partition coefficient (Wildman–Crippen LogP) is 3.11. The minimum absolute atomic E-state index is 0.553. The predicted molar refractivity (Wildman–Crippen MR) is 61.2 cm³/mol. The molecule has 0 aromatic heterocycles. The van der Waals surface area contributed by atoms with Crippen molar-refractivity contribution in [3.8, 4) is 0 Å². The molecule has 0 bridgehead atoms. The number of hydrogen-bond acceptors (Lipinski definition) is 2. The third kappa shape index (κ3) is 4.07. The van der Waals surface area contributed by atoms with Gasteiger partial charge in [-0.2, -0.15) is 0 Å². The van der Waals surface area contributed by atoms with E-state index in [1.165, 1.54) is 0 Å². The summed E-state index contributed by atoms with van der Waals surface area (Å²) >= 11 is 1.54. The van der Waals surface area contributed by atoms with Crippen LogP contribution in [0.25, 0.3) is 0 Å². The molecule has 0 saturated heterocycles. The van der Waals surface area contributed by atoms with Crippen molar-refractivity contribution in [3.63, 3.8) is 0 Å². The van der Waals surface area contributed by atoms with E-state index in [1.807, 2.05) is 0 Å². The van der Waals surface area contributed by atoms with Crippen LogP contribution >= 0.6 is 21.2 Å². The zero-order valence-corrected chi connectivity index (χ0v) is 10.9. The number of unbranched alkanes of at least 4 members (excludes halogenated alkanes) is 2. The Morgan fingerprint density at radius 2 is 1.75 bits per heavy atom. The van der Waals surface area contributed by atoms with Gasteiger partial charge >= 0.3 is 0 Å². The summed E-state index contributed by atoms with van der Waals surface area (Å²) in [4.78, 5) is 0. The average Bonchev–Trinajstić information content (AvgIpc) is 1.85. The van der Waals surface area contributed by atoms with Crippen LogP contribution < -0.4 is 0 Å². The lowest BCUT2D eigenvalue weighted by molar-refractivity contribution is 0.520. The second kappa shape index (κ2) is 4.79. The van der Waals surface area contributed by atoms with E-state index in [0.717, 1.165) is 25.7 Å². The summed E-state index contributed by atoms with van der Waals surface area (Å²) in [6, 6.07) is 0. The smallest absolute Gasteiger partial charge is 0.208 e. The van der Waals surface area contributed by atoms with E-state index in [4.69, 9.17) is 0 Å². The van der Waals surface area contributed by atoms with E-state index >= 15 is 0 Å². The van der Waals surface area contributed by atoms with E-state index in [9.17, 15) is 8.42 Å². The first-order chi connectivity index (χ1) is 5.31. The SMILES string of the molecule is CCCCCC(C)(C)S(=O)(=O)I. The van der Waals surface area contributed by atoms with Crippen LogP contribution in [0.4, 0.5) is 0 Å². The molecule has 0 atom stereocenters. The highest BCUT2D eigenvalue weighted by molar-refractivity contribution is 14.2. The monoisotopic (exact) mass is 304 g/mol. The van der Waals surface area contributed by atoms with Gasteiger partial charge in [0, 0.05) is 0 Å². The molecule has 0 fully saturated rings. The molecule has 0 saturated carbocycles. The van der Waals surface area contributed by atoms with Crippen LogP contribution in [-0.2, 0) is 7.01 Å². The van der Waals surface area contributed by atoms with Gasteiger partial charge in [-0.25, -0.2) is 8.42 Å². The molecule has 0 unspecified atom stereocenters. The second-order valence-electron chi connectivity index (χ2n) is 3.65. The Balaban J connectivity index is 4.06. The fraction of sp³-hybridized carbons (Fsp3) is 1.00. The lowest BCUT2D eigenvalue weighted by Gasteiger charge is -2.20. The maximum Gasteiger partial charge on any atom is 0.208 e. The van der Waals surface area contributed by atoms with Gasteiger partial charge in [-0.1, -0.05) is 26.2 Å². The van der Waals surface area contributed by atoms with Gasteiger partial charge in [-0.3, -0.25) is 0 Å². The van der Waals surface area contributed by atoms with Crippen molar-refractivity contribution in [1.29, 1.82) is 0 Å². The largest absolute Gasteiger partial charge is 0.218 e. The highest BCUT2D eigenvalue weighted by Crippen LogP contribution is 2.28. The molecule has 0 aromatic rings. The maximum absolute atomic E-state index is 11.2. The first kappa shape index (κ1) is 12.7. The summed E-state index contributed by atoms with van der Waals surface area (Å²) in [6.07, 6.45) is 4.03. The van der Waals surface area contributed by atoms with Crippen LogP contribution in [0, 0.1) is 0 Å². The molecule has 0 aliphatic carbocycles. The van der Waals surface area contributed by atoms with Crippen LogP contribution in [0.2, 0.25) is 0 Å². The van der Waals surface area contributed by atoms with Gasteiger partial charge in [0.05, 0.1) is 26.0 Å². The van der Waals surface area contributed by atoms with Gasteiger partial charge in [-0.05, 0) is 20.3 Å². The second-order valence-corrected chi connectivity index (χ2v) is 9.11. The third-order valence-corrected chi connectivity index (χ3v) is 7.14. The zero-order chi connectivity index (χ0) is 9.83. The van der Waals surface area contributed by atoms with Crippen LogP contribution in [0.3, 0.4) is 0 Å². The molecule has 0 amide bonds. The fourth-order valence-corrected chi connectivity index (χ4v) is 1.97. The van der Waals surface area contributed by atoms with Gasteiger partial charge in [0.1, 0.15) is 0 Å². The summed E-state index contributed by atoms with van der Waals surface area (Å²) < 4.78 is 21.9. The summed E-state index contributed by atoms with van der Waals surface area (Å²) in [7, 11) is -2.91. The molecule has 0 rings (SSSR count). The van der Waals surface area contributed by atoms with E-state index in [-0.39, 0.29) is 0 Å². The third-order valence-electron chi connectivity index (χ3n) is 2.04. The van der Waals surface area contributed by atoms with Crippen molar-refractivity contribution in [1.82, 2.24) is 0 Å².